The summed E-state index contributed by atoms with van der Waals surface area (Å²) in [5.74, 6) is 0.0627. The Balaban J connectivity index is 1.95. The normalized spacial score (nSPS) is 17.7. The molecular formula is C14H20N2O2. The molecule has 4 heteroatoms. The Bertz CT molecular complexity index is 407. The fourth-order valence-electron chi connectivity index (χ4n) is 2.25. The summed E-state index contributed by atoms with van der Waals surface area (Å²) in [6.45, 7) is 4.64. The van der Waals surface area contributed by atoms with E-state index in [1.807, 2.05) is 31.2 Å². The number of hydrogen-bond acceptors (Lipinski definition) is 3. The van der Waals surface area contributed by atoms with Gasteiger partial charge in [0.1, 0.15) is 0 Å². The zero-order chi connectivity index (χ0) is 12.8. The molecule has 0 spiro atoms. The van der Waals surface area contributed by atoms with E-state index >= 15 is 0 Å². The monoisotopic (exact) mass is 248 g/mol. The van der Waals surface area contributed by atoms with Gasteiger partial charge in [-0.1, -0.05) is 18.2 Å². The number of carbonyl (C=O) groups is 1. The molecule has 0 bridgehead atoms. The summed E-state index contributed by atoms with van der Waals surface area (Å²) in [6, 6.07) is 8.01. The smallest absolute Gasteiger partial charge is 0.227 e. The van der Waals surface area contributed by atoms with Crippen LogP contribution in [0.15, 0.2) is 24.3 Å². The van der Waals surface area contributed by atoms with Crippen LogP contribution in [0.4, 0.5) is 5.69 Å². The van der Waals surface area contributed by atoms with Crippen LogP contribution in [0, 0.1) is 0 Å². The number of rotatable bonds is 5. The molecule has 0 aliphatic carbocycles. The molecular weight excluding hydrogens is 228 g/mol. The van der Waals surface area contributed by atoms with Crippen molar-refractivity contribution >= 4 is 11.6 Å². The third-order valence-corrected chi connectivity index (χ3v) is 3.15. The molecule has 1 aromatic rings. The third kappa shape index (κ3) is 3.01. The average molecular weight is 248 g/mol. The maximum atomic E-state index is 12.1. The summed E-state index contributed by atoms with van der Waals surface area (Å²) >= 11 is 0. The lowest BCUT2D eigenvalue weighted by atomic mass is 9.90. The quantitative estimate of drug-likeness (QED) is 0.780. The SMILES string of the molecule is CCOCCNC(=O)C1CCNc2ccccc21. The summed E-state index contributed by atoms with van der Waals surface area (Å²) in [5, 5.41) is 6.26. The van der Waals surface area contributed by atoms with E-state index in [2.05, 4.69) is 10.6 Å². The van der Waals surface area contributed by atoms with Gasteiger partial charge in [0, 0.05) is 25.4 Å². The van der Waals surface area contributed by atoms with E-state index in [4.69, 9.17) is 4.74 Å². The van der Waals surface area contributed by atoms with Crippen LogP contribution >= 0.6 is 0 Å². The molecule has 0 saturated carbocycles. The van der Waals surface area contributed by atoms with E-state index in [0.717, 1.165) is 24.2 Å². The van der Waals surface area contributed by atoms with Crippen LogP contribution in [-0.4, -0.2) is 32.2 Å². The highest BCUT2D eigenvalue weighted by Crippen LogP contribution is 2.31. The number of carbonyl (C=O) groups excluding carboxylic acids is 1. The number of anilines is 1. The number of ether oxygens (including phenoxy) is 1. The van der Waals surface area contributed by atoms with Gasteiger partial charge in [-0.2, -0.15) is 0 Å². The first-order valence-electron chi connectivity index (χ1n) is 6.51. The Morgan fingerprint density at radius 2 is 2.33 bits per heavy atom. The molecule has 4 nitrogen and oxygen atoms in total. The van der Waals surface area contributed by atoms with E-state index in [-0.39, 0.29) is 11.8 Å². The maximum absolute atomic E-state index is 12.1. The standard InChI is InChI=1S/C14H20N2O2/c1-2-18-10-9-16-14(17)12-7-8-15-13-6-4-3-5-11(12)13/h3-6,12,15H,2,7-10H2,1H3,(H,16,17). The molecule has 0 radical (unpaired) electrons. The summed E-state index contributed by atoms with van der Waals surface area (Å²) in [5.41, 5.74) is 2.17. The fourth-order valence-corrected chi connectivity index (χ4v) is 2.25. The fraction of sp³-hybridized carbons (Fsp3) is 0.500. The highest BCUT2D eigenvalue weighted by molar-refractivity contribution is 5.86. The van der Waals surface area contributed by atoms with Crippen LogP contribution in [0.25, 0.3) is 0 Å². The molecule has 1 atom stereocenters. The third-order valence-electron chi connectivity index (χ3n) is 3.15. The van der Waals surface area contributed by atoms with Gasteiger partial charge in [0.05, 0.1) is 12.5 Å². The largest absolute Gasteiger partial charge is 0.385 e. The molecule has 1 heterocycles. The molecule has 1 aliphatic rings. The highest BCUT2D eigenvalue weighted by Gasteiger charge is 2.25. The average Bonchev–Trinajstić information content (AvgIpc) is 2.43. The molecule has 18 heavy (non-hydrogen) atoms. The van der Waals surface area contributed by atoms with Crippen LogP contribution in [0.1, 0.15) is 24.8 Å². The Labute approximate surface area is 108 Å². The van der Waals surface area contributed by atoms with Crippen LogP contribution in [-0.2, 0) is 9.53 Å². The minimum atomic E-state index is -0.0379. The second-order valence-electron chi connectivity index (χ2n) is 4.34. The topological polar surface area (TPSA) is 50.4 Å². The van der Waals surface area contributed by atoms with E-state index in [9.17, 15) is 4.79 Å². The van der Waals surface area contributed by atoms with Crippen LogP contribution < -0.4 is 10.6 Å². The number of para-hydroxylation sites is 1. The lowest BCUT2D eigenvalue weighted by Gasteiger charge is -2.25. The van der Waals surface area contributed by atoms with Gasteiger partial charge in [0.15, 0.2) is 0 Å². The molecule has 0 fully saturated rings. The first-order valence-corrected chi connectivity index (χ1v) is 6.51. The maximum Gasteiger partial charge on any atom is 0.227 e. The molecule has 0 saturated heterocycles. The van der Waals surface area contributed by atoms with Gasteiger partial charge in [0.2, 0.25) is 5.91 Å². The molecule has 2 N–H and O–H groups in total. The lowest BCUT2D eigenvalue weighted by molar-refractivity contribution is -0.122. The predicted octanol–water partition coefficient (Wildman–Crippen LogP) is 1.74. The number of hydrogen-bond donors (Lipinski definition) is 2. The molecule has 1 amide bonds. The lowest BCUT2D eigenvalue weighted by Crippen LogP contribution is -2.34. The van der Waals surface area contributed by atoms with Gasteiger partial charge >= 0.3 is 0 Å². The Hall–Kier alpha value is -1.55. The first-order chi connectivity index (χ1) is 8.83. The molecule has 2 rings (SSSR count). The van der Waals surface area contributed by atoms with Crippen molar-refractivity contribution in [3.05, 3.63) is 29.8 Å². The van der Waals surface area contributed by atoms with Gasteiger partial charge in [-0.15, -0.1) is 0 Å². The van der Waals surface area contributed by atoms with Crippen molar-refractivity contribution in [3.63, 3.8) is 0 Å². The Morgan fingerprint density at radius 1 is 1.50 bits per heavy atom. The van der Waals surface area contributed by atoms with Gasteiger partial charge < -0.3 is 15.4 Å². The minimum absolute atomic E-state index is 0.0379. The van der Waals surface area contributed by atoms with Gasteiger partial charge in [0.25, 0.3) is 0 Å². The Kier molecular flexibility index (Phi) is 4.59. The number of nitrogens with one attached hydrogen (secondary N) is 2. The van der Waals surface area contributed by atoms with E-state index in [0.29, 0.717) is 19.8 Å². The van der Waals surface area contributed by atoms with E-state index in [1.54, 1.807) is 0 Å². The molecule has 98 valence electrons. The van der Waals surface area contributed by atoms with Gasteiger partial charge in [-0.25, -0.2) is 0 Å². The number of benzene rings is 1. The van der Waals surface area contributed by atoms with Crippen molar-refractivity contribution < 1.29 is 9.53 Å². The predicted molar refractivity (Wildman–Crippen MR) is 71.8 cm³/mol. The number of amides is 1. The van der Waals surface area contributed by atoms with Crippen molar-refractivity contribution in [1.29, 1.82) is 0 Å². The van der Waals surface area contributed by atoms with Gasteiger partial charge in [-0.05, 0) is 25.0 Å². The zero-order valence-electron chi connectivity index (χ0n) is 10.7. The summed E-state index contributed by atoms with van der Waals surface area (Å²) in [6.07, 6.45) is 0.845. The van der Waals surface area contributed by atoms with E-state index < -0.39 is 0 Å². The molecule has 1 unspecified atom stereocenters. The molecule has 0 aromatic heterocycles. The number of fused-ring (bicyclic) bond motifs is 1. The van der Waals surface area contributed by atoms with Crippen molar-refractivity contribution in [1.82, 2.24) is 5.32 Å². The van der Waals surface area contributed by atoms with Crippen LogP contribution in [0.3, 0.4) is 0 Å². The summed E-state index contributed by atoms with van der Waals surface area (Å²) in [4.78, 5) is 12.1. The summed E-state index contributed by atoms with van der Waals surface area (Å²) in [7, 11) is 0. The molecule has 1 aliphatic heterocycles. The van der Waals surface area contributed by atoms with Crippen molar-refractivity contribution in [2.24, 2.45) is 0 Å². The zero-order valence-corrected chi connectivity index (χ0v) is 10.7. The summed E-state index contributed by atoms with van der Waals surface area (Å²) < 4.78 is 5.21. The highest BCUT2D eigenvalue weighted by atomic mass is 16.5. The van der Waals surface area contributed by atoms with Crippen LogP contribution in [0.5, 0.6) is 0 Å². The first kappa shape index (κ1) is 12.9. The van der Waals surface area contributed by atoms with Crippen molar-refractivity contribution in [3.8, 4) is 0 Å². The second-order valence-corrected chi connectivity index (χ2v) is 4.34. The Morgan fingerprint density at radius 3 is 3.17 bits per heavy atom. The molecule has 1 aromatic carbocycles. The minimum Gasteiger partial charge on any atom is -0.385 e. The van der Waals surface area contributed by atoms with E-state index in [1.165, 1.54) is 0 Å². The van der Waals surface area contributed by atoms with Crippen LogP contribution in [0.2, 0.25) is 0 Å². The van der Waals surface area contributed by atoms with Crippen molar-refractivity contribution in [2.75, 3.05) is 31.6 Å². The van der Waals surface area contributed by atoms with Crippen molar-refractivity contribution in [2.45, 2.75) is 19.3 Å². The van der Waals surface area contributed by atoms with Gasteiger partial charge in [-0.3, -0.25) is 4.79 Å². The second kappa shape index (κ2) is 6.40.